The van der Waals surface area contributed by atoms with Crippen molar-refractivity contribution in [1.29, 1.82) is 0 Å². The molecule has 0 aliphatic carbocycles. The molecule has 0 amide bonds. The molecular formula is C12H18FN. The molecule has 0 saturated heterocycles. The molecule has 78 valence electrons. The van der Waals surface area contributed by atoms with Crippen LogP contribution < -0.4 is 5.32 Å². The van der Waals surface area contributed by atoms with Crippen LogP contribution in [0.15, 0.2) is 24.3 Å². The summed E-state index contributed by atoms with van der Waals surface area (Å²) in [7, 11) is 1.91. The molecule has 0 saturated carbocycles. The van der Waals surface area contributed by atoms with Crippen LogP contribution in [0.3, 0.4) is 0 Å². The van der Waals surface area contributed by atoms with Crippen molar-refractivity contribution in [3.05, 3.63) is 35.4 Å². The third-order valence-electron chi connectivity index (χ3n) is 2.30. The molecule has 1 rings (SSSR count). The number of benzene rings is 1. The summed E-state index contributed by atoms with van der Waals surface area (Å²) in [6.45, 7) is 4.09. The minimum absolute atomic E-state index is 0.801. The number of alkyl halides is 1. The third-order valence-corrected chi connectivity index (χ3v) is 2.30. The van der Waals surface area contributed by atoms with Crippen molar-refractivity contribution in [3.8, 4) is 0 Å². The van der Waals surface area contributed by atoms with E-state index in [-0.39, 0.29) is 0 Å². The molecular weight excluding hydrogens is 177 g/mol. The quantitative estimate of drug-likeness (QED) is 0.778. The summed E-state index contributed by atoms with van der Waals surface area (Å²) in [5, 5.41) is 3.07. The van der Waals surface area contributed by atoms with Gasteiger partial charge < -0.3 is 5.32 Å². The molecule has 0 fully saturated rings. The van der Waals surface area contributed by atoms with E-state index in [9.17, 15) is 4.39 Å². The van der Waals surface area contributed by atoms with E-state index >= 15 is 0 Å². The maximum atomic E-state index is 13.8. The number of rotatable bonds is 4. The standard InChI is InChI=1S/C12H18FN/c1-12(2,13)11-7-5-4-6-10(11)8-9-14-3/h4-7,14H,8-9H2,1-3H3. The van der Waals surface area contributed by atoms with Crippen molar-refractivity contribution in [2.45, 2.75) is 25.9 Å². The van der Waals surface area contributed by atoms with E-state index in [4.69, 9.17) is 0 Å². The monoisotopic (exact) mass is 195 g/mol. The lowest BCUT2D eigenvalue weighted by Gasteiger charge is -2.18. The van der Waals surface area contributed by atoms with Crippen LogP contribution in [0.1, 0.15) is 25.0 Å². The molecule has 0 unspecified atom stereocenters. The maximum Gasteiger partial charge on any atom is 0.130 e. The van der Waals surface area contributed by atoms with Crippen LogP contribution in [0, 0.1) is 0 Å². The van der Waals surface area contributed by atoms with Gasteiger partial charge in [-0.05, 0) is 45.0 Å². The highest BCUT2D eigenvalue weighted by atomic mass is 19.1. The predicted octanol–water partition coefficient (Wildman–Crippen LogP) is 2.65. The molecule has 0 aliphatic rings. The van der Waals surface area contributed by atoms with E-state index in [1.165, 1.54) is 0 Å². The van der Waals surface area contributed by atoms with Crippen molar-refractivity contribution in [2.24, 2.45) is 0 Å². The molecule has 0 radical (unpaired) electrons. The van der Waals surface area contributed by atoms with Gasteiger partial charge in [-0.1, -0.05) is 24.3 Å². The lowest BCUT2D eigenvalue weighted by Crippen LogP contribution is -2.16. The van der Waals surface area contributed by atoms with Gasteiger partial charge in [0.05, 0.1) is 0 Å². The Morgan fingerprint density at radius 1 is 1.29 bits per heavy atom. The van der Waals surface area contributed by atoms with Gasteiger partial charge in [0.15, 0.2) is 0 Å². The zero-order valence-electron chi connectivity index (χ0n) is 9.10. The summed E-state index contributed by atoms with van der Waals surface area (Å²) in [6, 6.07) is 7.71. The number of likely N-dealkylation sites (N-methyl/N-ethyl adjacent to an activating group) is 1. The number of halogens is 1. The molecule has 1 aromatic carbocycles. The van der Waals surface area contributed by atoms with Crippen molar-refractivity contribution >= 4 is 0 Å². The number of nitrogens with one attached hydrogen (secondary N) is 1. The summed E-state index contributed by atoms with van der Waals surface area (Å²) in [5.41, 5.74) is 0.647. The van der Waals surface area contributed by atoms with Crippen molar-refractivity contribution in [1.82, 2.24) is 5.32 Å². The lowest BCUT2D eigenvalue weighted by molar-refractivity contribution is 0.220. The van der Waals surface area contributed by atoms with Crippen LogP contribution >= 0.6 is 0 Å². The second kappa shape index (κ2) is 4.56. The zero-order valence-corrected chi connectivity index (χ0v) is 9.10. The normalized spacial score (nSPS) is 11.7. The van der Waals surface area contributed by atoms with Gasteiger partial charge in [-0.3, -0.25) is 0 Å². The Balaban J connectivity index is 2.92. The molecule has 1 N–H and O–H groups in total. The first kappa shape index (κ1) is 11.2. The van der Waals surface area contributed by atoms with Gasteiger partial charge in [-0.2, -0.15) is 0 Å². The highest BCUT2D eigenvalue weighted by Gasteiger charge is 2.21. The first-order chi connectivity index (χ1) is 6.55. The second-order valence-electron chi connectivity index (χ2n) is 3.98. The van der Waals surface area contributed by atoms with Crippen molar-refractivity contribution in [2.75, 3.05) is 13.6 Å². The van der Waals surface area contributed by atoms with E-state index in [2.05, 4.69) is 5.32 Å². The van der Waals surface area contributed by atoms with E-state index in [1.54, 1.807) is 13.8 Å². The average Bonchev–Trinajstić information content (AvgIpc) is 2.14. The highest BCUT2D eigenvalue weighted by Crippen LogP contribution is 2.27. The van der Waals surface area contributed by atoms with Crippen LogP contribution in [-0.2, 0) is 12.1 Å². The number of hydrogen-bond acceptors (Lipinski definition) is 1. The SMILES string of the molecule is CNCCc1ccccc1C(C)(C)F. The van der Waals surface area contributed by atoms with Gasteiger partial charge in [0.1, 0.15) is 5.67 Å². The van der Waals surface area contributed by atoms with Crippen molar-refractivity contribution in [3.63, 3.8) is 0 Å². The molecule has 1 nitrogen and oxygen atoms in total. The van der Waals surface area contributed by atoms with E-state index in [1.807, 2.05) is 31.3 Å². The van der Waals surface area contributed by atoms with E-state index < -0.39 is 5.67 Å². The topological polar surface area (TPSA) is 12.0 Å². The lowest BCUT2D eigenvalue weighted by atomic mass is 9.93. The zero-order chi connectivity index (χ0) is 10.6. The fourth-order valence-corrected chi connectivity index (χ4v) is 1.58. The first-order valence-corrected chi connectivity index (χ1v) is 4.97. The molecule has 0 atom stereocenters. The summed E-state index contributed by atoms with van der Waals surface area (Å²) >= 11 is 0. The van der Waals surface area contributed by atoms with Crippen molar-refractivity contribution < 1.29 is 4.39 Å². The van der Waals surface area contributed by atoms with Crippen LogP contribution in [0.5, 0.6) is 0 Å². The van der Waals surface area contributed by atoms with Gasteiger partial charge in [0, 0.05) is 0 Å². The Kier molecular flexibility index (Phi) is 3.64. The van der Waals surface area contributed by atoms with Crippen LogP contribution in [-0.4, -0.2) is 13.6 Å². The summed E-state index contributed by atoms with van der Waals surface area (Å²) in [5.74, 6) is 0. The molecule has 0 aliphatic heterocycles. The van der Waals surface area contributed by atoms with Gasteiger partial charge in [0.25, 0.3) is 0 Å². The van der Waals surface area contributed by atoms with Gasteiger partial charge in [-0.25, -0.2) is 4.39 Å². The molecule has 0 heterocycles. The van der Waals surface area contributed by atoms with Gasteiger partial charge in [-0.15, -0.1) is 0 Å². The average molecular weight is 195 g/mol. The molecule has 14 heavy (non-hydrogen) atoms. The molecule has 0 aromatic heterocycles. The Morgan fingerprint density at radius 3 is 2.50 bits per heavy atom. The molecule has 0 spiro atoms. The Hall–Kier alpha value is -0.890. The largest absolute Gasteiger partial charge is 0.319 e. The van der Waals surface area contributed by atoms with E-state index in [0.29, 0.717) is 0 Å². The predicted molar refractivity (Wildman–Crippen MR) is 58.2 cm³/mol. The third kappa shape index (κ3) is 2.81. The maximum absolute atomic E-state index is 13.8. The minimum atomic E-state index is -1.25. The summed E-state index contributed by atoms with van der Waals surface area (Å²) in [4.78, 5) is 0. The summed E-state index contributed by atoms with van der Waals surface area (Å²) in [6.07, 6.45) is 0.875. The summed E-state index contributed by atoms with van der Waals surface area (Å²) < 4.78 is 13.8. The second-order valence-corrected chi connectivity index (χ2v) is 3.98. The molecule has 2 heteroatoms. The van der Waals surface area contributed by atoms with Crippen LogP contribution in [0.2, 0.25) is 0 Å². The number of hydrogen-bond donors (Lipinski definition) is 1. The minimum Gasteiger partial charge on any atom is -0.319 e. The Labute approximate surface area is 85.3 Å². The Bertz CT molecular complexity index is 289. The van der Waals surface area contributed by atoms with Gasteiger partial charge >= 0.3 is 0 Å². The fraction of sp³-hybridized carbons (Fsp3) is 0.500. The van der Waals surface area contributed by atoms with E-state index in [0.717, 1.165) is 24.1 Å². The molecule has 1 aromatic rings. The fourth-order valence-electron chi connectivity index (χ4n) is 1.58. The highest BCUT2D eigenvalue weighted by molar-refractivity contribution is 5.31. The van der Waals surface area contributed by atoms with Crippen LogP contribution in [0.4, 0.5) is 4.39 Å². The molecule has 0 bridgehead atoms. The van der Waals surface area contributed by atoms with Crippen LogP contribution in [0.25, 0.3) is 0 Å². The smallest absolute Gasteiger partial charge is 0.130 e. The van der Waals surface area contributed by atoms with Gasteiger partial charge in [0.2, 0.25) is 0 Å². The Morgan fingerprint density at radius 2 is 1.93 bits per heavy atom. The first-order valence-electron chi connectivity index (χ1n) is 4.97.